The van der Waals surface area contributed by atoms with Gasteiger partial charge in [-0.2, -0.15) is 22.0 Å². The van der Waals surface area contributed by atoms with Gasteiger partial charge in [0.15, 0.2) is 0 Å². The van der Waals surface area contributed by atoms with Gasteiger partial charge in [0.2, 0.25) is 0 Å². The fourth-order valence-corrected chi connectivity index (χ4v) is 9.04. The molecule has 2 fully saturated rings. The number of aromatic hydroxyl groups is 1. The molecule has 1 aromatic carbocycles. The van der Waals surface area contributed by atoms with Crippen molar-refractivity contribution in [1.82, 2.24) is 4.90 Å². The Labute approximate surface area is 263 Å². The van der Waals surface area contributed by atoms with E-state index in [9.17, 15) is 32.2 Å². The number of hydrogen-bond acceptors (Lipinski definition) is 3. The van der Waals surface area contributed by atoms with Crippen molar-refractivity contribution in [2.24, 2.45) is 23.2 Å². The van der Waals surface area contributed by atoms with Crippen LogP contribution in [0.2, 0.25) is 5.02 Å². The van der Waals surface area contributed by atoms with Gasteiger partial charge in [0.25, 0.3) is 0 Å². The van der Waals surface area contributed by atoms with Crippen LogP contribution in [0.15, 0.2) is 12.1 Å². The Morgan fingerprint density at radius 2 is 1.57 bits per heavy atom. The number of fused-ring (bicyclic) bond motifs is 5. The summed E-state index contributed by atoms with van der Waals surface area (Å²) >= 11 is 6.58. The predicted molar refractivity (Wildman–Crippen MR) is 162 cm³/mol. The summed E-state index contributed by atoms with van der Waals surface area (Å²) in [5.74, 6) is -4.27. The molecule has 0 spiro atoms. The van der Waals surface area contributed by atoms with E-state index < -0.39 is 35.7 Å². The summed E-state index contributed by atoms with van der Waals surface area (Å²) in [6.45, 7) is 5.71. The SMILES string of the molecule is CN(CCCCCCCC(F)(F)C(F)(F)F)CCCCCC1Cc2c(ccc(O)c2Cl)C2[C@@H]1C1CC[C@@](C)(O)[C@@]1(C)C[C@@H]2F. The van der Waals surface area contributed by atoms with E-state index in [2.05, 4.69) is 11.8 Å². The fourth-order valence-electron chi connectivity index (χ4n) is 8.79. The van der Waals surface area contributed by atoms with E-state index in [1.165, 1.54) is 0 Å². The number of nitrogens with zero attached hydrogens (tertiary/aromatic N) is 1. The molecule has 10 heteroatoms. The Morgan fingerprint density at radius 3 is 2.23 bits per heavy atom. The first kappa shape index (κ1) is 35.7. The smallest absolute Gasteiger partial charge is 0.453 e. The van der Waals surface area contributed by atoms with Crippen LogP contribution in [0.5, 0.6) is 5.75 Å². The van der Waals surface area contributed by atoms with Crippen LogP contribution < -0.4 is 0 Å². The predicted octanol–water partition coefficient (Wildman–Crippen LogP) is 9.86. The highest BCUT2D eigenvalue weighted by atomic mass is 35.5. The first-order valence-electron chi connectivity index (χ1n) is 16.5. The van der Waals surface area contributed by atoms with Crippen molar-refractivity contribution >= 4 is 11.6 Å². The highest BCUT2D eigenvalue weighted by molar-refractivity contribution is 6.32. The molecule has 3 aliphatic rings. The van der Waals surface area contributed by atoms with Gasteiger partial charge in [-0.3, -0.25) is 0 Å². The fraction of sp³-hybridized carbons (Fsp3) is 0.824. The molecule has 44 heavy (non-hydrogen) atoms. The van der Waals surface area contributed by atoms with E-state index in [0.29, 0.717) is 37.1 Å². The largest absolute Gasteiger partial charge is 0.506 e. The van der Waals surface area contributed by atoms with Crippen LogP contribution in [0.25, 0.3) is 0 Å². The number of unbranched alkanes of at least 4 members (excludes halogenated alkanes) is 6. The lowest BCUT2D eigenvalue weighted by Crippen LogP contribution is -2.55. The summed E-state index contributed by atoms with van der Waals surface area (Å²) in [6, 6.07) is 3.44. The Balaban J connectivity index is 1.24. The number of benzene rings is 1. The van der Waals surface area contributed by atoms with Crippen molar-refractivity contribution in [1.29, 1.82) is 0 Å². The van der Waals surface area contributed by atoms with E-state index in [-0.39, 0.29) is 35.8 Å². The summed E-state index contributed by atoms with van der Waals surface area (Å²) < 4.78 is 78.9. The third-order valence-corrected chi connectivity index (χ3v) is 12.0. The van der Waals surface area contributed by atoms with Gasteiger partial charge in [-0.05, 0) is 113 Å². The average Bonchev–Trinajstić information content (AvgIpc) is 3.17. The number of phenolic OH excluding ortho intramolecular Hbond substituents is 1. The van der Waals surface area contributed by atoms with Crippen molar-refractivity contribution in [2.45, 2.75) is 134 Å². The molecule has 3 unspecified atom stereocenters. The van der Waals surface area contributed by atoms with Crippen LogP contribution in [-0.2, 0) is 6.42 Å². The summed E-state index contributed by atoms with van der Waals surface area (Å²) in [5, 5.41) is 22.0. The monoisotopic (exact) mass is 653 g/mol. The van der Waals surface area contributed by atoms with Crippen molar-refractivity contribution in [3.63, 3.8) is 0 Å². The third kappa shape index (κ3) is 7.35. The van der Waals surface area contributed by atoms with Crippen LogP contribution in [-0.4, -0.2) is 59.1 Å². The van der Waals surface area contributed by atoms with Crippen LogP contribution in [0.3, 0.4) is 0 Å². The van der Waals surface area contributed by atoms with E-state index in [0.717, 1.165) is 69.2 Å². The number of alkyl halides is 6. The van der Waals surface area contributed by atoms with Gasteiger partial charge >= 0.3 is 12.1 Å². The zero-order valence-electron chi connectivity index (χ0n) is 26.3. The number of halogens is 7. The Morgan fingerprint density at radius 1 is 0.955 bits per heavy atom. The molecule has 4 rings (SSSR count). The molecular weight excluding hydrogens is 604 g/mol. The lowest BCUT2D eigenvalue weighted by molar-refractivity contribution is -0.284. The first-order valence-corrected chi connectivity index (χ1v) is 16.9. The highest BCUT2D eigenvalue weighted by Crippen LogP contribution is 2.66. The van der Waals surface area contributed by atoms with Crippen molar-refractivity contribution < 1.29 is 36.6 Å². The molecule has 7 atom stereocenters. The van der Waals surface area contributed by atoms with E-state index >= 15 is 4.39 Å². The number of aliphatic hydroxyl groups is 1. The van der Waals surface area contributed by atoms with Gasteiger partial charge in [-0.25, -0.2) is 4.39 Å². The van der Waals surface area contributed by atoms with Gasteiger partial charge in [0.1, 0.15) is 11.9 Å². The summed E-state index contributed by atoms with van der Waals surface area (Å²) in [4.78, 5) is 2.23. The Kier molecular flexibility index (Phi) is 11.3. The van der Waals surface area contributed by atoms with Crippen LogP contribution in [0, 0.1) is 23.2 Å². The van der Waals surface area contributed by atoms with Crippen LogP contribution in [0.1, 0.15) is 114 Å². The average molecular weight is 654 g/mol. The van der Waals surface area contributed by atoms with Gasteiger partial charge in [-0.15, -0.1) is 0 Å². The third-order valence-electron chi connectivity index (χ3n) is 11.6. The minimum atomic E-state index is -5.47. The van der Waals surface area contributed by atoms with E-state index in [1.807, 2.05) is 20.0 Å². The molecular formula is C34H50ClF6NO2. The number of phenols is 1. The van der Waals surface area contributed by atoms with E-state index in [1.54, 1.807) is 6.07 Å². The zero-order valence-corrected chi connectivity index (χ0v) is 27.1. The Bertz CT molecular complexity index is 1110. The Hall–Kier alpha value is -1.19. The molecule has 0 bridgehead atoms. The molecule has 0 amide bonds. The quantitative estimate of drug-likeness (QED) is 0.155. The maximum absolute atomic E-state index is 16.1. The van der Waals surface area contributed by atoms with Gasteiger partial charge in [-0.1, -0.05) is 56.7 Å². The maximum atomic E-state index is 16.1. The molecule has 2 N–H and O–H groups in total. The highest BCUT2D eigenvalue weighted by Gasteiger charge is 2.64. The molecule has 0 saturated heterocycles. The van der Waals surface area contributed by atoms with Crippen molar-refractivity contribution in [3.8, 4) is 5.75 Å². The van der Waals surface area contributed by atoms with Gasteiger partial charge in [0.05, 0.1) is 10.6 Å². The molecule has 0 radical (unpaired) electrons. The van der Waals surface area contributed by atoms with Crippen LogP contribution >= 0.6 is 11.6 Å². The summed E-state index contributed by atoms with van der Waals surface area (Å²) in [5.41, 5.74) is 0.441. The lowest BCUT2D eigenvalue weighted by Gasteiger charge is -2.56. The van der Waals surface area contributed by atoms with E-state index in [4.69, 9.17) is 11.6 Å². The minimum Gasteiger partial charge on any atom is -0.506 e. The molecule has 3 aliphatic carbocycles. The van der Waals surface area contributed by atoms with Gasteiger partial charge in [0, 0.05) is 17.8 Å². The minimum absolute atomic E-state index is 0.0357. The van der Waals surface area contributed by atoms with Crippen molar-refractivity contribution in [3.05, 3.63) is 28.3 Å². The van der Waals surface area contributed by atoms with Crippen molar-refractivity contribution in [2.75, 3.05) is 20.1 Å². The molecule has 0 aromatic heterocycles. The topological polar surface area (TPSA) is 43.7 Å². The normalized spacial score (nSPS) is 32.0. The lowest BCUT2D eigenvalue weighted by atomic mass is 9.50. The molecule has 0 aliphatic heterocycles. The second-order valence-electron chi connectivity index (χ2n) is 14.5. The summed E-state index contributed by atoms with van der Waals surface area (Å²) in [6.07, 6.45) is 1.42. The molecule has 1 aromatic rings. The zero-order chi connectivity index (χ0) is 32.5. The number of hydrogen-bond donors (Lipinski definition) is 2. The number of rotatable bonds is 14. The molecule has 2 saturated carbocycles. The van der Waals surface area contributed by atoms with Crippen LogP contribution in [0.4, 0.5) is 26.3 Å². The molecule has 3 nitrogen and oxygen atoms in total. The second-order valence-corrected chi connectivity index (χ2v) is 14.8. The standard InChI is InChI=1S/C34H50ClF6NO2/c1-31-21-26(36)29-23-13-14-27(43)30(35)24(23)20-22(28(29)25(31)15-17-32(31,2)44)12-8-7-11-19-42(3)18-10-6-4-5-9-16-33(37,38)34(39,40)41/h13-14,22,25-26,28-29,43-44H,4-12,15-21H2,1-3H3/t22?,25?,26-,28-,29?,31-,32+/m0/s1. The van der Waals surface area contributed by atoms with Gasteiger partial charge < -0.3 is 15.1 Å². The molecule has 252 valence electrons. The maximum Gasteiger partial charge on any atom is 0.453 e. The summed E-state index contributed by atoms with van der Waals surface area (Å²) in [7, 11) is 2.04. The molecule has 0 heterocycles. The second kappa shape index (κ2) is 13.9. The first-order chi connectivity index (χ1) is 20.5.